The number of nitrogens with zero attached hydrogens (tertiary/aromatic N) is 2. The molecule has 8 nitrogen and oxygen atoms in total. The van der Waals surface area contributed by atoms with Crippen LogP contribution in [0.4, 0.5) is 0 Å². The normalized spacial score (nSPS) is 16.2. The highest BCUT2D eigenvalue weighted by Gasteiger charge is 2.19. The van der Waals surface area contributed by atoms with Gasteiger partial charge in [0.1, 0.15) is 5.76 Å². The lowest BCUT2D eigenvalue weighted by Crippen LogP contribution is -2.36. The number of hydrogen-bond donors (Lipinski definition) is 3. The molecule has 1 atom stereocenters. The van der Waals surface area contributed by atoms with E-state index in [-0.39, 0.29) is 41.4 Å². The van der Waals surface area contributed by atoms with Crippen LogP contribution in [0, 0.1) is 0 Å². The maximum absolute atomic E-state index is 12.5. The Labute approximate surface area is 213 Å². The fourth-order valence-electron chi connectivity index (χ4n) is 3.33. The molecule has 2 aromatic rings. The Kier molecular flexibility index (Phi) is 10.6. The molecule has 9 heteroatoms. The Morgan fingerprint density at radius 2 is 2.06 bits per heavy atom. The molecule has 2 heterocycles. The van der Waals surface area contributed by atoms with Gasteiger partial charge in [0.05, 0.1) is 25.4 Å². The van der Waals surface area contributed by atoms with Gasteiger partial charge in [-0.15, -0.1) is 24.0 Å². The SMILES string of the molecule is CCNC(=NCc1cccc(C(=O)NCC2CCCO2)c1)NCc1ncc(C(C)(C)C)o1.I. The molecule has 1 aromatic carbocycles. The van der Waals surface area contributed by atoms with Crippen molar-refractivity contribution in [1.82, 2.24) is 20.9 Å². The lowest BCUT2D eigenvalue weighted by Gasteiger charge is -2.13. The van der Waals surface area contributed by atoms with Crippen molar-refractivity contribution in [3.63, 3.8) is 0 Å². The van der Waals surface area contributed by atoms with Crippen LogP contribution in [0.5, 0.6) is 0 Å². The number of amides is 1. The topological polar surface area (TPSA) is 101 Å². The number of aliphatic imine (C=N–C) groups is 1. The van der Waals surface area contributed by atoms with E-state index in [0.29, 0.717) is 37.0 Å². The zero-order valence-corrected chi connectivity index (χ0v) is 22.3. The second kappa shape index (κ2) is 12.9. The minimum atomic E-state index is -0.0880. The van der Waals surface area contributed by atoms with Gasteiger partial charge in [-0.3, -0.25) is 4.79 Å². The number of aromatic nitrogens is 1. The first-order valence-electron chi connectivity index (χ1n) is 11.3. The number of rotatable bonds is 8. The van der Waals surface area contributed by atoms with Gasteiger partial charge in [0, 0.05) is 30.7 Å². The van der Waals surface area contributed by atoms with Crippen LogP contribution < -0.4 is 16.0 Å². The standard InChI is InChI=1S/C24H35N5O3.HI/c1-5-25-23(29-16-21-26-15-20(32-21)24(2,3)4)28-13-17-8-6-9-18(12-17)22(30)27-14-19-10-7-11-31-19;/h6,8-9,12,15,19H,5,7,10-11,13-14,16H2,1-4H3,(H,27,30)(H2,25,28,29);1H. The van der Waals surface area contributed by atoms with Gasteiger partial charge in [-0.1, -0.05) is 32.9 Å². The van der Waals surface area contributed by atoms with E-state index in [2.05, 4.69) is 46.7 Å². The Hall–Kier alpha value is -2.14. The molecular weight excluding hydrogens is 533 g/mol. The van der Waals surface area contributed by atoms with Crippen LogP contribution in [0.25, 0.3) is 0 Å². The first-order chi connectivity index (χ1) is 15.3. The molecule has 3 rings (SSSR count). The zero-order valence-electron chi connectivity index (χ0n) is 19.9. The quantitative estimate of drug-likeness (QED) is 0.255. The molecule has 0 saturated carbocycles. The smallest absolute Gasteiger partial charge is 0.251 e. The molecule has 0 aliphatic carbocycles. The number of carbonyl (C=O) groups is 1. The van der Waals surface area contributed by atoms with Crippen LogP contribution in [-0.4, -0.2) is 42.7 Å². The van der Waals surface area contributed by atoms with Crippen LogP contribution in [0.2, 0.25) is 0 Å². The molecule has 0 bridgehead atoms. The van der Waals surface area contributed by atoms with Gasteiger partial charge in [0.25, 0.3) is 5.91 Å². The van der Waals surface area contributed by atoms with E-state index in [4.69, 9.17) is 9.15 Å². The summed E-state index contributed by atoms with van der Waals surface area (Å²) in [6, 6.07) is 7.54. The van der Waals surface area contributed by atoms with Gasteiger partial charge in [0.2, 0.25) is 5.89 Å². The number of ether oxygens (including phenoxy) is 1. The van der Waals surface area contributed by atoms with Crippen molar-refractivity contribution < 1.29 is 13.9 Å². The van der Waals surface area contributed by atoms with Crippen molar-refractivity contribution in [3.8, 4) is 0 Å². The Balaban J connectivity index is 0.00000385. The number of carbonyl (C=O) groups excluding carboxylic acids is 1. The number of oxazole rings is 1. The number of halogens is 1. The number of nitrogens with one attached hydrogen (secondary N) is 3. The summed E-state index contributed by atoms with van der Waals surface area (Å²) in [5.74, 6) is 2.04. The minimum absolute atomic E-state index is 0. The van der Waals surface area contributed by atoms with Gasteiger partial charge in [-0.05, 0) is 37.5 Å². The third kappa shape index (κ3) is 8.62. The Morgan fingerprint density at radius 1 is 1.24 bits per heavy atom. The Bertz CT molecular complexity index is 917. The number of benzene rings is 1. The predicted octanol–water partition coefficient (Wildman–Crippen LogP) is 3.75. The van der Waals surface area contributed by atoms with Crippen molar-refractivity contribution in [2.75, 3.05) is 19.7 Å². The monoisotopic (exact) mass is 569 g/mol. The largest absolute Gasteiger partial charge is 0.443 e. The summed E-state index contributed by atoms with van der Waals surface area (Å²) < 4.78 is 11.4. The van der Waals surface area contributed by atoms with E-state index in [1.807, 2.05) is 31.2 Å². The van der Waals surface area contributed by atoms with Crippen molar-refractivity contribution in [2.45, 2.75) is 65.1 Å². The summed E-state index contributed by atoms with van der Waals surface area (Å²) in [6.45, 7) is 11.2. The molecular formula is C24H36IN5O3. The maximum atomic E-state index is 12.5. The zero-order chi connectivity index (χ0) is 23.0. The molecule has 1 fully saturated rings. The molecule has 182 valence electrons. The van der Waals surface area contributed by atoms with Crippen LogP contribution >= 0.6 is 24.0 Å². The molecule has 0 radical (unpaired) electrons. The van der Waals surface area contributed by atoms with Crippen LogP contribution in [0.1, 0.15) is 68.1 Å². The molecule has 1 unspecified atom stereocenters. The molecule has 0 spiro atoms. The van der Waals surface area contributed by atoms with Crippen molar-refractivity contribution in [1.29, 1.82) is 0 Å². The van der Waals surface area contributed by atoms with E-state index in [1.54, 1.807) is 6.20 Å². The average Bonchev–Trinajstić information content (AvgIpc) is 3.46. The summed E-state index contributed by atoms with van der Waals surface area (Å²) in [5, 5.41) is 9.44. The summed E-state index contributed by atoms with van der Waals surface area (Å²) in [7, 11) is 0. The highest BCUT2D eigenvalue weighted by Crippen LogP contribution is 2.22. The van der Waals surface area contributed by atoms with Gasteiger partial charge < -0.3 is 25.1 Å². The van der Waals surface area contributed by atoms with Gasteiger partial charge in [-0.25, -0.2) is 9.98 Å². The van der Waals surface area contributed by atoms with Crippen LogP contribution in [0.3, 0.4) is 0 Å². The highest BCUT2D eigenvalue weighted by atomic mass is 127. The molecule has 1 aliphatic rings. The van der Waals surface area contributed by atoms with Gasteiger partial charge >= 0.3 is 0 Å². The summed E-state index contributed by atoms with van der Waals surface area (Å²) >= 11 is 0. The third-order valence-corrected chi connectivity index (χ3v) is 5.17. The summed E-state index contributed by atoms with van der Waals surface area (Å²) in [5.41, 5.74) is 1.51. The molecule has 1 amide bonds. The van der Waals surface area contributed by atoms with Gasteiger partial charge in [0.15, 0.2) is 5.96 Å². The summed E-state index contributed by atoms with van der Waals surface area (Å²) in [6.07, 6.45) is 3.96. The first kappa shape index (κ1) is 27.1. The van der Waals surface area contributed by atoms with E-state index < -0.39 is 0 Å². The first-order valence-corrected chi connectivity index (χ1v) is 11.3. The maximum Gasteiger partial charge on any atom is 0.251 e. The lowest BCUT2D eigenvalue weighted by atomic mass is 9.94. The van der Waals surface area contributed by atoms with E-state index in [1.165, 1.54) is 0 Å². The average molecular weight is 569 g/mol. The van der Waals surface area contributed by atoms with Crippen molar-refractivity contribution in [3.05, 3.63) is 53.2 Å². The lowest BCUT2D eigenvalue weighted by molar-refractivity contribution is 0.0857. The number of guanidine groups is 1. The van der Waals surface area contributed by atoms with Gasteiger partial charge in [-0.2, -0.15) is 0 Å². The second-order valence-corrected chi connectivity index (χ2v) is 8.96. The fraction of sp³-hybridized carbons (Fsp3) is 0.542. The number of hydrogen-bond acceptors (Lipinski definition) is 5. The van der Waals surface area contributed by atoms with Crippen molar-refractivity contribution in [2.24, 2.45) is 4.99 Å². The van der Waals surface area contributed by atoms with Crippen molar-refractivity contribution >= 4 is 35.8 Å². The highest BCUT2D eigenvalue weighted by molar-refractivity contribution is 14.0. The van der Waals surface area contributed by atoms with E-state index >= 15 is 0 Å². The second-order valence-electron chi connectivity index (χ2n) is 8.96. The molecule has 1 saturated heterocycles. The molecule has 1 aliphatic heterocycles. The minimum Gasteiger partial charge on any atom is -0.443 e. The predicted molar refractivity (Wildman–Crippen MR) is 140 cm³/mol. The molecule has 3 N–H and O–H groups in total. The fourth-order valence-corrected chi connectivity index (χ4v) is 3.33. The third-order valence-electron chi connectivity index (χ3n) is 5.17. The van der Waals surface area contributed by atoms with E-state index in [0.717, 1.165) is 37.3 Å². The Morgan fingerprint density at radius 3 is 2.73 bits per heavy atom. The molecule has 33 heavy (non-hydrogen) atoms. The summed E-state index contributed by atoms with van der Waals surface area (Å²) in [4.78, 5) is 21.5. The van der Waals surface area contributed by atoms with Crippen LogP contribution in [-0.2, 0) is 23.2 Å². The van der Waals surface area contributed by atoms with E-state index in [9.17, 15) is 4.79 Å². The molecule has 1 aromatic heterocycles. The van der Waals surface area contributed by atoms with Crippen LogP contribution in [0.15, 0.2) is 39.9 Å².